The van der Waals surface area contributed by atoms with Crippen LogP contribution in [-0.2, 0) is 0 Å². The van der Waals surface area contributed by atoms with Gasteiger partial charge in [-0.1, -0.05) is 12.1 Å². The first-order valence-electron chi connectivity index (χ1n) is 6.39. The zero-order valence-electron chi connectivity index (χ0n) is 11.1. The number of para-hydroxylation sites is 1. The Kier molecular flexibility index (Phi) is 3.82. The van der Waals surface area contributed by atoms with Crippen LogP contribution in [0.2, 0.25) is 0 Å². The van der Waals surface area contributed by atoms with Crippen LogP contribution < -0.4 is 10.1 Å². The Morgan fingerprint density at radius 1 is 1.32 bits per heavy atom. The van der Waals surface area contributed by atoms with Gasteiger partial charge in [0.2, 0.25) is 0 Å². The molecular weight excluding hydrogens is 274 g/mol. The predicted octanol–water partition coefficient (Wildman–Crippen LogP) is 3.87. The molecule has 0 bridgehead atoms. The summed E-state index contributed by atoms with van der Waals surface area (Å²) in [6, 6.07) is 10.7. The number of hydrogen-bond donors (Lipinski definition) is 1. The normalized spacial score (nSPS) is 19.6. The van der Waals surface area contributed by atoms with E-state index in [9.17, 15) is 0 Å². The van der Waals surface area contributed by atoms with E-state index in [2.05, 4.69) is 41.9 Å². The lowest BCUT2D eigenvalue weighted by Gasteiger charge is -2.31. The number of nitrogens with one attached hydrogen (secondary N) is 1. The van der Waals surface area contributed by atoms with Crippen LogP contribution in [0.4, 0.5) is 0 Å². The van der Waals surface area contributed by atoms with E-state index < -0.39 is 0 Å². The van der Waals surface area contributed by atoms with Gasteiger partial charge in [0, 0.05) is 15.5 Å². The standard InChI is InChI=1S/C15H17NOS2/c1-10-11(7-8-18-10)15(16-2)13-9-19-14-6-4-3-5-12(14)17-13/h3-8,13,15-16H,9H2,1-2H3. The zero-order valence-corrected chi connectivity index (χ0v) is 12.7. The van der Waals surface area contributed by atoms with Gasteiger partial charge in [0.15, 0.2) is 0 Å². The van der Waals surface area contributed by atoms with E-state index in [1.807, 2.05) is 24.9 Å². The van der Waals surface area contributed by atoms with E-state index in [4.69, 9.17) is 4.74 Å². The van der Waals surface area contributed by atoms with Crippen molar-refractivity contribution in [2.75, 3.05) is 12.8 Å². The van der Waals surface area contributed by atoms with Gasteiger partial charge in [-0.25, -0.2) is 0 Å². The molecule has 4 heteroatoms. The highest BCUT2D eigenvalue weighted by atomic mass is 32.2. The molecular formula is C15H17NOS2. The fourth-order valence-electron chi connectivity index (χ4n) is 2.46. The van der Waals surface area contributed by atoms with Gasteiger partial charge < -0.3 is 10.1 Å². The van der Waals surface area contributed by atoms with Crippen LogP contribution in [0.5, 0.6) is 5.75 Å². The summed E-state index contributed by atoms with van der Waals surface area (Å²) in [6.45, 7) is 2.17. The van der Waals surface area contributed by atoms with Crippen LogP contribution in [0.15, 0.2) is 40.6 Å². The SMILES string of the molecule is CNC(c1ccsc1C)C1CSc2ccccc2O1. The maximum Gasteiger partial charge on any atom is 0.133 e. The molecule has 0 aliphatic carbocycles. The molecule has 2 unspecified atom stereocenters. The molecule has 0 amide bonds. The van der Waals surface area contributed by atoms with E-state index in [0.717, 1.165) is 11.5 Å². The maximum absolute atomic E-state index is 6.19. The zero-order chi connectivity index (χ0) is 13.2. The third-order valence-electron chi connectivity index (χ3n) is 3.45. The van der Waals surface area contributed by atoms with Gasteiger partial charge in [-0.2, -0.15) is 0 Å². The maximum atomic E-state index is 6.19. The molecule has 0 spiro atoms. The lowest BCUT2D eigenvalue weighted by atomic mass is 10.0. The minimum absolute atomic E-state index is 0.179. The number of rotatable bonds is 3. The molecule has 1 aromatic carbocycles. The van der Waals surface area contributed by atoms with Crippen molar-refractivity contribution in [3.8, 4) is 5.75 Å². The van der Waals surface area contributed by atoms with Gasteiger partial charge in [0.1, 0.15) is 11.9 Å². The third-order valence-corrected chi connectivity index (χ3v) is 5.45. The monoisotopic (exact) mass is 291 g/mol. The number of aryl methyl sites for hydroxylation is 1. The van der Waals surface area contributed by atoms with E-state index in [-0.39, 0.29) is 12.1 Å². The summed E-state index contributed by atoms with van der Waals surface area (Å²) in [5.74, 6) is 1.99. The number of thioether (sulfide) groups is 1. The van der Waals surface area contributed by atoms with Crippen molar-refractivity contribution >= 4 is 23.1 Å². The number of ether oxygens (including phenoxy) is 1. The largest absolute Gasteiger partial charge is 0.486 e. The molecule has 0 saturated heterocycles. The van der Waals surface area contributed by atoms with Gasteiger partial charge in [-0.05, 0) is 43.1 Å². The molecule has 1 aliphatic heterocycles. The Morgan fingerprint density at radius 3 is 2.89 bits per heavy atom. The van der Waals surface area contributed by atoms with Crippen molar-refractivity contribution in [3.63, 3.8) is 0 Å². The molecule has 3 rings (SSSR count). The first-order valence-corrected chi connectivity index (χ1v) is 8.26. The summed E-state index contributed by atoms with van der Waals surface area (Å²) < 4.78 is 6.19. The highest BCUT2D eigenvalue weighted by Crippen LogP contribution is 2.39. The second-order valence-corrected chi connectivity index (χ2v) is 6.79. The van der Waals surface area contributed by atoms with E-state index in [1.54, 1.807) is 11.3 Å². The van der Waals surface area contributed by atoms with Crippen molar-refractivity contribution in [2.24, 2.45) is 0 Å². The first kappa shape index (κ1) is 13.0. The smallest absolute Gasteiger partial charge is 0.133 e. The average Bonchev–Trinajstić information content (AvgIpc) is 2.86. The molecule has 2 heterocycles. The molecule has 0 fully saturated rings. The molecule has 1 N–H and O–H groups in total. The highest BCUT2D eigenvalue weighted by Gasteiger charge is 2.29. The lowest BCUT2D eigenvalue weighted by Crippen LogP contribution is -2.37. The van der Waals surface area contributed by atoms with E-state index in [0.29, 0.717) is 0 Å². The van der Waals surface area contributed by atoms with Crippen LogP contribution in [-0.4, -0.2) is 18.9 Å². The number of likely N-dealkylation sites (N-methyl/N-ethyl adjacent to an activating group) is 1. The van der Waals surface area contributed by atoms with Crippen LogP contribution in [0.3, 0.4) is 0 Å². The summed E-state index contributed by atoms with van der Waals surface area (Å²) in [5, 5.41) is 5.57. The van der Waals surface area contributed by atoms with Crippen LogP contribution in [0.1, 0.15) is 16.5 Å². The Bertz CT molecular complexity index is 567. The summed E-state index contributed by atoms with van der Waals surface area (Å²) >= 11 is 3.68. The van der Waals surface area contributed by atoms with Crippen molar-refractivity contribution in [1.82, 2.24) is 5.32 Å². The second-order valence-electron chi connectivity index (χ2n) is 4.61. The van der Waals surface area contributed by atoms with Crippen LogP contribution in [0.25, 0.3) is 0 Å². The fraction of sp³-hybridized carbons (Fsp3) is 0.333. The molecule has 0 saturated carbocycles. The van der Waals surface area contributed by atoms with Gasteiger partial charge in [0.05, 0.1) is 6.04 Å². The minimum Gasteiger partial charge on any atom is -0.486 e. The quantitative estimate of drug-likeness (QED) is 0.927. The summed E-state index contributed by atoms with van der Waals surface area (Å²) in [7, 11) is 2.01. The van der Waals surface area contributed by atoms with Crippen molar-refractivity contribution in [3.05, 3.63) is 46.2 Å². The van der Waals surface area contributed by atoms with E-state index >= 15 is 0 Å². The van der Waals surface area contributed by atoms with Gasteiger partial charge in [0.25, 0.3) is 0 Å². The number of hydrogen-bond acceptors (Lipinski definition) is 4. The number of thiophene rings is 1. The topological polar surface area (TPSA) is 21.3 Å². The molecule has 19 heavy (non-hydrogen) atoms. The molecule has 0 radical (unpaired) electrons. The highest BCUT2D eigenvalue weighted by molar-refractivity contribution is 7.99. The summed E-state index contributed by atoms with van der Waals surface area (Å²) in [5.41, 5.74) is 1.36. The number of fused-ring (bicyclic) bond motifs is 1. The van der Waals surface area contributed by atoms with Crippen molar-refractivity contribution in [1.29, 1.82) is 0 Å². The van der Waals surface area contributed by atoms with Gasteiger partial charge >= 0.3 is 0 Å². The van der Waals surface area contributed by atoms with E-state index in [1.165, 1.54) is 15.3 Å². The van der Waals surface area contributed by atoms with Gasteiger partial charge in [-0.15, -0.1) is 23.1 Å². The number of benzene rings is 1. The Labute approximate surface area is 122 Å². The molecule has 2 nitrogen and oxygen atoms in total. The molecule has 2 atom stereocenters. The molecule has 1 aliphatic rings. The van der Waals surface area contributed by atoms with Crippen LogP contribution in [0, 0.1) is 6.92 Å². The second kappa shape index (κ2) is 5.57. The lowest BCUT2D eigenvalue weighted by molar-refractivity contribution is 0.171. The minimum atomic E-state index is 0.179. The fourth-order valence-corrected chi connectivity index (χ4v) is 4.25. The Balaban J connectivity index is 1.85. The van der Waals surface area contributed by atoms with Gasteiger partial charge in [-0.3, -0.25) is 0 Å². The molecule has 100 valence electrons. The van der Waals surface area contributed by atoms with Crippen molar-refractivity contribution < 1.29 is 4.74 Å². The average molecular weight is 291 g/mol. The van der Waals surface area contributed by atoms with Crippen LogP contribution >= 0.6 is 23.1 Å². The Hall–Kier alpha value is -0.970. The first-order chi connectivity index (χ1) is 9.29. The molecule has 2 aromatic rings. The van der Waals surface area contributed by atoms with Crippen molar-refractivity contribution in [2.45, 2.75) is 24.0 Å². The third kappa shape index (κ3) is 2.53. The Morgan fingerprint density at radius 2 is 2.16 bits per heavy atom. The summed E-state index contributed by atoms with van der Waals surface area (Å²) in [4.78, 5) is 2.61. The molecule has 1 aromatic heterocycles. The summed E-state index contributed by atoms with van der Waals surface area (Å²) in [6.07, 6.45) is 0.179. The predicted molar refractivity (Wildman–Crippen MR) is 82.4 cm³/mol.